The Morgan fingerprint density at radius 1 is 1.30 bits per heavy atom. The maximum absolute atomic E-state index is 6.52. The molecule has 1 saturated heterocycles. The van der Waals surface area contributed by atoms with Crippen molar-refractivity contribution in [2.45, 2.75) is 33.6 Å². The van der Waals surface area contributed by atoms with Crippen molar-refractivity contribution >= 4 is 24.0 Å². The highest BCUT2D eigenvalue weighted by Crippen LogP contribution is 2.22. The van der Waals surface area contributed by atoms with Gasteiger partial charge in [-0.2, -0.15) is 0 Å². The maximum atomic E-state index is 6.52. The zero-order valence-corrected chi connectivity index (χ0v) is 19.2. The van der Waals surface area contributed by atoms with E-state index in [1.165, 1.54) is 11.3 Å². The van der Waals surface area contributed by atoms with E-state index in [1.807, 2.05) is 6.08 Å². The third-order valence-electron chi connectivity index (χ3n) is 5.15. The minimum atomic E-state index is 0.673. The molecule has 0 aromatic carbocycles. The van der Waals surface area contributed by atoms with Gasteiger partial charge in [0.15, 0.2) is 0 Å². The summed E-state index contributed by atoms with van der Waals surface area (Å²) in [6.45, 7) is 14.5. The summed E-state index contributed by atoms with van der Waals surface area (Å²) in [6.07, 6.45) is 15.7. The zero-order valence-electron chi connectivity index (χ0n) is 18.4. The number of halogens is 1. The van der Waals surface area contributed by atoms with Crippen LogP contribution in [0.5, 0.6) is 0 Å². The summed E-state index contributed by atoms with van der Waals surface area (Å²) in [5.74, 6) is 0. The Morgan fingerprint density at radius 2 is 2.07 bits per heavy atom. The molecule has 2 N–H and O–H groups in total. The number of nitrogens with zero attached hydrogens (tertiary/aromatic N) is 3. The summed E-state index contributed by atoms with van der Waals surface area (Å²) in [5, 5.41) is 7.76. The van der Waals surface area contributed by atoms with E-state index >= 15 is 0 Å². The lowest BCUT2D eigenvalue weighted by Crippen LogP contribution is -2.44. The highest BCUT2D eigenvalue weighted by molar-refractivity contribution is 6.34. The van der Waals surface area contributed by atoms with Crippen LogP contribution in [0.4, 0.5) is 0 Å². The third-order valence-corrected chi connectivity index (χ3v) is 5.50. The Kier molecular flexibility index (Phi) is 10.4. The van der Waals surface area contributed by atoms with Gasteiger partial charge < -0.3 is 15.5 Å². The van der Waals surface area contributed by atoms with Crippen LogP contribution in [0, 0.1) is 0 Å². The number of hydrogen-bond donors (Lipinski definition) is 2. The van der Waals surface area contributed by atoms with E-state index in [0.29, 0.717) is 6.54 Å². The highest BCUT2D eigenvalue weighted by Gasteiger charge is 2.17. The predicted octanol–water partition coefficient (Wildman–Crippen LogP) is 4.69. The van der Waals surface area contributed by atoms with Crippen molar-refractivity contribution in [3.05, 3.63) is 70.4 Å². The largest absolute Gasteiger partial charge is 0.380 e. The van der Waals surface area contributed by atoms with Gasteiger partial charge in [0.25, 0.3) is 0 Å². The summed E-state index contributed by atoms with van der Waals surface area (Å²) in [7, 11) is 0. The van der Waals surface area contributed by atoms with Gasteiger partial charge in [-0.25, -0.2) is 0 Å². The Bertz CT molecular complexity index is 805. The Morgan fingerprint density at radius 3 is 2.70 bits per heavy atom. The van der Waals surface area contributed by atoms with Crippen LogP contribution >= 0.6 is 11.6 Å². The number of rotatable bonds is 9. The van der Waals surface area contributed by atoms with E-state index < -0.39 is 0 Å². The highest BCUT2D eigenvalue weighted by atomic mass is 35.5. The van der Waals surface area contributed by atoms with Crippen molar-refractivity contribution < 1.29 is 0 Å². The monoisotopic (exact) mass is 427 g/mol. The SMILES string of the molecule is C=N/C=C\N=C1\C=C(Cl)C(CNC(=C/C)/C(=C\C=C(/C)CC)N2CCNCC2)=CC1. The van der Waals surface area contributed by atoms with Crippen LogP contribution in [0.3, 0.4) is 0 Å². The van der Waals surface area contributed by atoms with E-state index in [-0.39, 0.29) is 0 Å². The number of hydrogen-bond acceptors (Lipinski definition) is 5. The molecular weight excluding hydrogens is 394 g/mol. The van der Waals surface area contributed by atoms with Crippen LogP contribution < -0.4 is 10.6 Å². The van der Waals surface area contributed by atoms with Gasteiger partial charge in [-0.05, 0) is 44.7 Å². The molecule has 0 saturated carbocycles. The smallest absolute Gasteiger partial charge is 0.0599 e. The van der Waals surface area contributed by atoms with Gasteiger partial charge in [0, 0.05) is 62.3 Å². The van der Waals surface area contributed by atoms with Gasteiger partial charge in [-0.3, -0.25) is 9.98 Å². The second-order valence-corrected chi connectivity index (χ2v) is 7.65. The van der Waals surface area contributed by atoms with Crippen LogP contribution in [0.1, 0.15) is 33.6 Å². The van der Waals surface area contributed by atoms with E-state index in [1.54, 1.807) is 12.4 Å². The molecule has 0 spiro atoms. The van der Waals surface area contributed by atoms with E-state index in [2.05, 4.69) is 77.3 Å². The summed E-state index contributed by atoms with van der Waals surface area (Å²) in [4.78, 5) is 10.4. The van der Waals surface area contributed by atoms with Crippen molar-refractivity contribution in [3.63, 3.8) is 0 Å². The first-order valence-corrected chi connectivity index (χ1v) is 10.9. The minimum Gasteiger partial charge on any atom is -0.380 e. The Balaban J connectivity index is 2.12. The summed E-state index contributed by atoms with van der Waals surface area (Å²) in [5.41, 5.74) is 5.72. The van der Waals surface area contributed by atoms with Crippen LogP contribution in [0.2, 0.25) is 0 Å². The predicted molar refractivity (Wildman–Crippen MR) is 131 cm³/mol. The van der Waals surface area contributed by atoms with Crippen molar-refractivity contribution in [1.82, 2.24) is 15.5 Å². The first-order valence-electron chi connectivity index (χ1n) is 10.6. The minimum absolute atomic E-state index is 0.673. The second-order valence-electron chi connectivity index (χ2n) is 7.24. The molecule has 2 aliphatic rings. The average molecular weight is 428 g/mol. The Hall–Kier alpha value is -2.37. The molecule has 0 aromatic heterocycles. The average Bonchev–Trinajstić information content (AvgIpc) is 2.77. The van der Waals surface area contributed by atoms with Crippen LogP contribution in [-0.4, -0.2) is 50.1 Å². The fourth-order valence-corrected chi connectivity index (χ4v) is 3.46. The molecule has 2 rings (SSSR count). The molecule has 0 radical (unpaired) electrons. The molecular formula is C24H34ClN5. The molecule has 0 aromatic rings. The van der Waals surface area contributed by atoms with Crippen LogP contribution in [0.15, 0.2) is 80.3 Å². The van der Waals surface area contributed by atoms with Crippen molar-refractivity contribution in [3.8, 4) is 0 Å². The van der Waals surface area contributed by atoms with Gasteiger partial charge in [-0.1, -0.05) is 42.3 Å². The number of aliphatic imine (C=N–C) groups is 2. The fourth-order valence-electron chi connectivity index (χ4n) is 3.19. The summed E-state index contributed by atoms with van der Waals surface area (Å²) >= 11 is 6.52. The zero-order chi connectivity index (χ0) is 21.8. The van der Waals surface area contributed by atoms with E-state index in [0.717, 1.165) is 61.0 Å². The molecule has 1 aliphatic heterocycles. The molecule has 1 aliphatic carbocycles. The van der Waals surface area contributed by atoms with Gasteiger partial charge in [0.2, 0.25) is 0 Å². The molecule has 30 heavy (non-hydrogen) atoms. The number of piperazine rings is 1. The third kappa shape index (κ3) is 7.47. The number of nitrogens with one attached hydrogen (secondary N) is 2. The summed E-state index contributed by atoms with van der Waals surface area (Å²) in [6, 6.07) is 0. The maximum Gasteiger partial charge on any atom is 0.0599 e. The summed E-state index contributed by atoms with van der Waals surface area (Å²) < 4.78 is 0. The quantitative estimate of drug-likeness (QED) is 0.414. The van der Waals surface area contributed by atoms with Crippen molar-refractivity contribution in [1.29, 1.82) is 0 Å². The fraction of sp³-hybridized carbons (Fsp3) is 0.417. The number of allylic oxidation sites excluding steroid dienone is 6. The van der Waals surface area contributed by atoms with Crippen molar-refractivity contribution in [2.75, 3.05) is 32.7 Å². The van der Waals surface area contributed by atoms with Gasteiger partial charge in [-0.15, -0.1) is 0 Å². The molecule has 1 fully saturated rings. The standard InChI is InChI=1S/C24H34ClN5/c1-5-19(3)7-10-24(30-15-13-27-14-16-30)23(6-2)29-18-20-8-9-21(17-22(20)25)28-12-11-26-4/h6-8,10-12,17,27,29H,4-5,9,13-16,18H2,1-3H3/b12-11-,19-7+,23-6+,24-10+,28-21+. The molecule has 162 valence electrons. The second kappa shape index (κ2) is 13.0. The molecule has 6 heteroatoms. The van der Waals surface area contributed by atoms with Gasteiger partial charge in [0.05, 0.1) is 11.4 Å². The lowest BCUT2D eigenvalue weighted by atomic mass is 10.0. The van der Waals surface area contributed by atoms with E-state index in [4.69, 9.17) is 11.6 Å². The van der Waals surface area contributed by atoms with E-state index in [9.17, 15) is 0 Å². The molecule has 0 bridgehead atoms. The topological polar surface area (TPSA) is 52.0 Å². The molecule has 5 nitrogen and oxygen atoms in total. The first kappa shape index (κ1) is 23.9. The lowest BCUT2D eigenvalue weighted by molar-refractivity contribution is 0.301. The van der Waals surface area contributed by atoms with Crippen LogP contribution in [0.25, 0.3) is 0 Å². The molecule has 0 amide bonds. The van der Waals surface area contributed by atoms with Gasteiger partial charge >= 0.3 is 0 Å². The van der Waals surface area contributed by atoms with Crippen molar-refractivity contribution in [2.24, 2.45) is 9.98 Å². The molecule has 0 atom stereocenters. The van der Waals surface area contributed by atoms with Crippen LogP contribution in [-0.2, 0) is 0 Å². The first-order chi connectivity index (χ1) is 14.6. The Labute approximate surface area is 186 Å². The molecule has 0 unspecified atom stereocenters. The lowest BCUT2D eigenvalue weighted by Gasteiger charge is -2.33. The van der Waals surface area contributed by atoms with Gasteiger partial charge in [0.1, 0.15) is 0 Å². The molecule has 1 heterocycles. The normalized spacial score (nSPS) is 20.5.